The fraction of sp³-hybridized carbons (Fsp3) is 0.231. The largest absolute Gasteiger partial charge is 0.314 e. The molecule has 0 saturated heterocycles. The van der Waals surface area contributed by atoms with E-state index in [1.165, 1.54) is 6.92 Å². The van der Waals surface area contributed by atoms with Crippen LogP contribution in [0.3, 0.4) is 0 Å². The lowest BCUT2D eigenvalue weighted by Gasteiger charge is -2.15. The molecule has 1 heterocycles. The zero-order valence-corrected chi connectivity index (χ0v) is 10.6. The molecule has 0 saturated carbocycles. The van der Waals surface area contributed by atoms with Gasteiger partial charge in [-0.25, -0.2) is 0 Å². The number of rotatable bonds is 3. The molecule has 0 atom stereocenters. The van der Waals surface area contributed by atoms with Crippen LogP contribution < -0.4 is 4.90 Å². The van der Waals surface area contributed by atoms with Gasteiger partial charge in [-0.05, 0) is 13.0 Å². The van der Waals surface area contributed by atoms with E-state index in [1.807, 2.05) is 29.6 Å². The van der Waals surface area contributed by atoms with Gasteiger partial charge in [0.05, 0.1) is 12.1 Å². The highest BCUT2D eigenvalue weighted by atomic mass is 32.1. The van der Waals surface area contributed by atoms with Gasteiger partial charge in [0.15, 0.2) is 0 Å². The molecule has 0 bridgehead atoms. The summed E-state index contributed by atoms with van der Waals surface area (Å²) >= 11 is 1.60. The normalized spacial score (nSPS) is 10.5. The van der Waals surface area contributed by atoms with Gasteiger partial charge >= 0.3 is 0 Å². The molecule has 1 aromatic carbocycles. The second kappa shape index (κ2) is 4.67. The van der Waals surface area contributed by atoms with Crippen LogP contribution in [0.1, 0.15) is 13.3 Å². The predicted molar refractivity (Wildman–Crippen MR) is 70.5 cm³/mol. The molecule has 2 rings (SSSR count). The minimum absolute atomic E-state index is 0.0410. The number of benzene rings is 1. The summed E-state index contributed by atoms with van der Waals surface area (Å²) in [4.78, 5) is 24.3. The van der Waals surface area contributed by atoms with Crippen LogP contribution in [-0.2, 0) is 9.59 Å². The summed E-state index contributed by atoms with van der Waals surface area (Å²) in [7, 11) is 1.71. The van der Waals surface area contributed by atoms with Crippen molar-refractivity contribution in [1.29, 1.82) is 0 Å². The lowest BCUT2D eigenvalue weighted by molar-refractivity contribution is -0.125. The molecule has 0 aliphatic rings. The van der Waals surface area contributed by atoms with Gasteiger partial charge in [-0.3, -0.25) is 9.59 Å². The fourth-order valence-corrected chi connectivity index (χ4v) is 2.67. The van der Waals surface area contributed by atoms with E-state index in [2.05, 4.69) is 0 Å². The molecule has 1 aromatic heterocycles. The molecule has 0 spiro atoms. The van der Waals surface area contributed by atoms with Crippen molar-refractivity contribution in [2.24, 2.45) is 0 Å². The molecule has 88 valence electrons. The Labute approximate surface area is 104 Å². The third-order valence-corrected chi connectivity index (χ3v) is 3.55. The summed E-state index contributed by atoms with van der Waals surface area (Å²) in [5.41, 5.74) is 0.872. The second-order valence-electron chi connectivity index (χ2n) is 3.95. The van der Waals surface area contributed by atoms with Crippen molar-refractivity contribution in [3.63, 3.8) is 0 Å². The maximum Gasteiger partial charge on any atom is 0.234 e. The van der Waals surface area contributed by atoms with E-state index in [9.17, 15) is 9.59 Å². The van der Waals surface area contributed by atoms with Crippen LogP contribution in [0.15, 0.2) is 29.6 Å². The van der Waals surface area contributed by atoms with Crippen LogP contribution in [0.2, 0.25) is 0 Å². The molecular weight excluding hydrogens is 234 g/mol. The number of nitrogens with zero attached hydrogens (tertiary/aromatic N) is 1. The highest BCUT2D eigenvalue weighted by molar-refractivity contribution is 7.17. The lowest BCUT2D eigenvalue weighted by atomic mass is 10.2. The molecule has 3 nitrogen and oxygen atoms in total. The number of hydrogen-bond acceptors (Lipinski definition) is 3. The molecule has 2 aromatic rings. The average molecular weight is 247 g/mol. The van der Waals surface area contributed by atoms with Crippen LogP contribution in [0.25, 0.3) is 10.1 Å². The summed E-state index contributed by atoms with van der Waals surface area (Å²) in [6, 6.07) is 7.92. The molecule has 17 heavy (non-hydrogen) atoms. The highest BCUT2D eigenvalue weighted by Gasteiger charge is 2.15. The average Bonchev–Trinajstić information content (AvgIpc) is 2.70. The minimum atomic E-state index is -0.166. The predicted octanol–water partition coefficient (Wildman–Crippen LogP) is 2.84. The van der Waals surface area contributed by atoms with Gasteiger partial charge < -0.3 is 4.90 Å². The summed E-state index contributed by atoms with van der Waals surface area (Å²) < 4.78 is 1.14. The molecule has 0 aliphatic carbocycles. The quantitative estimate of drug-likeness (QED) is 0.782. The van der Waals surface area contributed by atoms with E-state index in [4.69, 9.17) is 0 Å². The zero-order chi connectivity index (χ0) is 12.4. The van der Waals surface area contributed by atoms with Gasteiger partial charge in [0, 0.05) is 22.5 Å². The van der Waals surface area contributed by atoms with Crippen molar-refractivity contribution in [3.8, 4) is 0 Å². The summed E-state index contributed by atoms with van der Waals surface area (Å²) in [6.45, 7) is 1.43. The number of carbonyl (C=O) groups is 2. The Hall–Kier alpha value is -1.68. The van der Waals surface area contributed by atoms with Gasteiger partial charge in [-0.1, -0.05) is 18.2 Å². The topological polar surface area (TPSA) is 37.4 Å². The Balaban J connectivity index is 2.33. The first kappa shape index (κ1) is 11.8. The molecule has 0 unspecified atom stereocenters. The first-order valence-corrected chi connectivity index (χ1v) is 6.20. The first-order valence-electron chi connectivity index (χ1n) is 5.32. The van der Waals surface area contributed by atoms with Gasteiger partial charge in [-0.15, -0.1) is 11.3 Å². The van der Waals surface area contributed by atoms with Crippen molar-refractivity contribution < 1.29 is 9.59 Å². The minimum Gasteiger partial charge on any atom is -0.314 e. The van der Waals surface area contributed by atoms with Crippen LogP contribution in [-0.4, -0.2) is 18.7 Å². The van der Waals surface area contributed by atoms with E-state index in [-0.39, 0.29) is 18.1 Å². The zero-order valence-electron chi connectivity index (χ0n) is 9.77. The van der Waals surface area contributed by atoms with Crippen LogP contribution in [0.4, 0.5) is 5.69 Å². The van der Waals surface area contributed by atoms with E-state index in [0.717, 1.165) is 15.8 Å². The van der Waals surface area contributed by atoms with Gasteiger partial charge in [0.25, 0.3) is 0 Å². The summed E-state index contributed by atoms with van der Waals surface area (Å²) in [6.07, 6.45) is -0.0410. The number of Topliss-reactive ketones (excluding diaryl/α,β-unsaturated/α-hetero) is 1. The molecule has 4 heteroatoms. The number of ketones is 1. The Morgan fingerprint density at radius 3 is 2.71 bits per heavy atom. The summed E-state index contributed by atoms with van der Waals surface area (Å²) in [5, 5.41) is 3.00. The van der Waals surface area contributed by atoms with Gasteiger partial charge in [-0.2, -0.15) is 0 Å². The molecule has 0 fully saturated rings. The van der Waals surface area contributed by atoms with Crippen molar-refractivity contribution in [1.82, 2.24) is 0 Å². The molecular formula is C13H13NO2S. The number of fused-ring (bicyclic) bond motifs is 1. The number of amides is 1. The van der Waals surface area contributed by atoms with Crippen LogP contribution in [0, 0.1) is 0 Å². The third-order valence-electron chi connectivity index (χ3n) is 2.60. The van der Waals surface area contributed by atoms with Crippen molar-refractivity contribution in [3.05, 3.63) is 29.6 Å². The van der Waals surface area contributed by atoms with Crippen molar-refractivity contribution in [2.75, 3.05) is 11.9 Å². The smallest absolute Gasteiger partial charge is 0.234 e. The number of carbonyl (C=O) groups excluding carboxylic acids is 2. The van der Waals surface area contributed by atoms with E-state index in [1.54, 1.807) is 23.3 Å². The van der Waals surface area contributed by atoms with Crippen molar-refractivity contribution >= 4 is 38.8 Å². The maximum absolute atomic E-state index is 11.8. The van der Waals surface area contributed by atoms with E-state index < -0.39 is 0 Å². The number of anilines is 1. The molecule has 0 radical (unpaired) electrons. The second-order valence-corrected chi connectivity index (χ2v) is 4.86. The SMILES string of the molecule is CC(=O)CC(=O)N(C)c1csc2ccccc12. The van der Waals surface area contributed by atoms with E-state index >= 15 is 0 Å². The van der Waals surface area contributed by atoms with Gasteiger partial charge in [0.2, 0.25) is 5.91 Å². The van der Waals surface area contributed by atoms with Crippen LogP contribution >= 0.6 is 11.3 Å². The Bertz CT molecular complexity index is 574. The van der Waals surface area contributed by atoms with Crippen LogP contribution in [0.5, 0.6) is 0 Å². The fourth-order valence-electron chi connectivity index (χ4n) is 1.69. The third kappa shape index (κ3) is 2.36. The van der Waals surface area contributed by atoms with Crippen molar-refractivity contribution in [2.45, 2.75) is 13.3 Å². The molecule has 1 amide bonds. The lowest BCUT2D eigenvalue weighted by Crippen LogP contribution is -2.27. The van der Waals surface area contributed by atoms with Gasteiger partial charge in [0.1, 0.15) is 5.78 Å². The Kier molecular flexibility index (Phi) is 3.24. The monoisotopic (exact) mass is 247 g/mol. The molecule has 0 N–H and O–H groups in total. The maximum atomic E-state index is 11.8. The molecule has 0 aliphatic heterocycles. The standard InChI is InChI=1S/C13H13NO2S/c1-9(15)7-13(16)14(2)11-8-17-12-6-4-3-5-10(11)12/h3-6,8H,7H2,1-2H3. The Morgan fingerprint density at radius 2 is 2.00 bits per heavy atom. The van der Waals surface area contributed by atoms with E-state index in [0.29, 0.717) is 0 Å². The Morgan fingerprint density at radius 1 is 1.29 bits per heavy atom. The summed E-state index contributed by atoms with van der Waals surface area (Å²) in [5.74, 6) is -0.276. The number of hydrogen-bond donors (Lipinski definition) is 0. The number of thiophene rings is 1. The first-order chi connectivity index (χ1) is 8.09. The highest BCUT2D eigenvalue weighted by Crippen LogP contribution is 2.32.